The van der Waals surface area contributed by atoms with E-state index in [2.05, 4.69) is 0 Å². The molecule has 0 radical (unpaired) electrons. The van der Waals surface area contributed by atoms with Crippen LogP contribution in [0.3, 0.4) is 0 Å². The monoisotopic (exact) mass is 190 g/mol. The highest BCUT2D eigenvalue weighted by atomic mass is 32.2. The van der Waals surface area contributed by atoms with Crippen molar-refractivity contribution in [3.8, 4) is 0 Å². The molecule has 0 saturated heterocycles. The van der Waals surface area contributed by atoms with E-state index in [1.54, 1.807) is 0 Å². The van der Waals surface area contributed by atoms with Gasteiger partial charge in [-0.1, -0.05) is 6.92 Å². The Kier molecular flexibility index (Phi) is 5.80. The lowest BCUT2D eigenvalue weighted by Crippen LogP contribution is -2.19. The fourth-order valence-electron chi connectivity index (χ4n) is 0.739. The molecule has 0 heterocycles. The Balaban J connectivity index is 3.87. The number of hydrogen-bond donors (Lipinski definition) is 1. The minimum absolute atomic E-state index is 0.0639. The van der Waals surface area contributed by atoms with Gasteiger partial charge in [0.2, 0.25) is 0 Å². The summed E-state index contributed by atoms with van der Waals surface area (Å²) in [4.78, 5) is 21.2. The summed E-state index contributed by atoms with van der Waals surface area (Å²) in [6, 6.07) is 0. The minimum atomic E-state index is -0.886. The molecule has 0 rings (SSSR count). The van der Waals surface area contributed by atoms with Crippen molar-refractivity contribution in [3.05, 3.63) is 0 Å². The second-order valence-corrected chi connectivity index (χ2v) is 3.91. The standard InChI is InChI=1S/C8H14O3S/c1-3-4-12-7(8(10)11)5-6(2)9/h7H,3-5H2,1-2H3,(H,10,11). The quantitative estimate of drug-likeness (QED) is 0.690. The van der Waals surface area contributed by atoms with Gasteiger partial charge in [-0.15, -0.1) is 11.8 Å². The molecule has 0 aliphatic carbocycles. The first-order valence-corrected chi connectivity index (χ1v) is 4.96. The predicted octanol–water partition coefficient (Wildman–Crippen LogP) is 1.56. The van der Waals surface area contributed by atoms with Crippen molar-refractivity contribution in [2.45, 2.75) is 31.9 Å². The Labute approximate surface area is 76.5 Å². The number of carbonyl (C=O) groups excluding carboxylic acids is 1. The average Bonchev–Trinajstić information content (AvgIpc) is 1.96. The first-order valence-electron chi connectivity index (χ1n) is 3.91. The Morgan fingerprint density at radius 2 is 2.08 bits per heavy atom. The van der Waals surface area contributed by atoms with Crippen LogP contribution in [0.15, 0.2) is 0 Å². The lowest BCUT2D eigenvalue weighted by molar-refractivity contribution is -0.137. The van der Waals surface area contributed by atoms with Gasteiger partial charge in [-0.3, -0.25) is 9.59 Å². The Bertz CT molecular complexity index is 168. The van der Waals surface area contributed by atoms with E-state index in [1.165, 1.54) is 18.7 Å². The summed E-state index contributed by atoms with van der Waals surface area (Å²) >= 11 is 1.34. The lowest BCUT2D eigenvalue weighted by atomic mass is 10.2. The third-order valence-electron chi connectivity index (χ3n) is 1.27. The highest BCUT2D eigenvalue weighted by Crippen LogP contribution is 2.16. The second-order valence-electron chi connectivity index (χ2n) is 2.60. The van der Waals surface area contributed by atoms with Gasteiger partial charge in [0.1, 0.15) is 11.0 Å². The summed E-state index contributed by atoms with van der Waals surface area (Å²) < 4.78 is 0. The number of aliphatic carboxylic acids is 1. The number of hydrogen-bond acceptors (Lipinski definition) is 3. The second kappa shape index (κ2) is 6.06. The topological polar surface area (TPSA) is 54.4 Å². The molecule has 4 heteroatoms. The van der Waals surface area contributed by atoms with Crippen molar-refractivity contribution in [2.75, 3.05) is 5.75 Å². The van der Waals surface area contributed by atoms with Crippen molar-refractivity contribution in [1.29, 1.82) is 0 Å². The molecule has 1 atom stereocenters. The minimum Gasteiger partial charge on any atom is -0.480 e. The number of thioether (sulfide) groups is 1. The normalized spacial score (nSPS) is 12.5. The van der Waals surface area contributed by atoms with Gasteiger partial charge in [0.15, 0.2) is 0 Å². The van der Waals surface area contributed by atoms with Crippen LogP contribution in [0.2, 0.25) is 0 Å². The zero-order valence-electron chi connectivity index (χ0n) is 7.37. The van der Waals surface area contributed by atoms with Crippen molar-refractivity contribution >= 4 is 23.5 Å². The molecule has 0 aromatic heterocycles. The van der Waals surface area contributed by atoms with Crippen LogP contribution in [0.1, 0.15) is 26.7 Å². The molecule has 0 amide bonds. The average molecular weight is 190 g/mol. The van der Waals surface area contributed by atoms with Crippen LogP contribution < -0.4 is 0 Å². The highest BCUT2D eigenvalue weighted by molar-refractivity contribution is 8.00. The third kappa shape index (κ3) is 5.18. The number of Topliss-reactive ketones (excluding diaryl/α,β-unsaturated/α-hetero) is 1. The fraction of sp³-hybridized carbons (Fsp3) is 0.750. The van der Waals surface area contributed by atoms with Crippen LogP contribution in [0.5, 0.6) is 0 Å². The zero-order chi connectivity index (χ0) is 9.56. The molecular weight excluding hydrogens is 176 g/mol. The lowest BCUT2D eigenvalue weighted by Gasteiger charge is -2.08. The van der Waals surface area contributed by atoms with Gasteiger partial charge in [-0.25, -0.2) is 0 Å². The van der Waals surface area contributed by atoms with Crippen LogP contribution in [0, 0.1) is 0 Å². The SMILES string of the molecule is CCCSC(CC(C)=O)C(=O)O. The van der Waals surface area contributed by atoms with E-state index in [0.29, 0.717) is 0 Å². The van der Waals surface area contributed by atoms with E-state index in [9.17, 15) is 9.59 Å². The first-order chi connectivity index (χ1) is 5.57. The molecule has 0 aliphatic heterocycles. The van der Waals surface area contributed by atoms with Crippen LogP contribution >= 0.6 is 11.8 Å². The van der Waals surface area contributed by atoms with Gasteiger partial charge in [-0.2, -0.15) is 0 Å². The first kappa shape index (κ1) is 11.5. The molecule has 0 spiro atoms. The fourth-order valence-corrected chi connectivity index (χ4v) is 1.75. The van der Waals surface area contributed by atoms with Gasteiger partial charge < -0.3 is 5.11 Å². The summed E-state index contributed by atoms with van der Waals surface area (Å²) in [5.41, 5.74) is 0. The molecule has 0 fully saturated rings. The number of carboxylic acid groups (broad SMARTS) is 1. The van der Waals surface area contributed by atoms with Gasteiger partial charge in [0.05, 0.1) is 0 Å². The summed E-state index contributed by atoms with van der Waals surface area (Å²) in [5.74, 6) is -0.154. The molecule has 0 aromatic rings. The van der Waals surface area contributed by atoms with Gasteiger partial charge in [0.25, 0.3) is 0 Å². The summed E-state index contributed by atoms with van der Waals surface area (Å²) in [6.07, 6.45) is 1.08. The molecule has 1 unspecified atom stereocenters. The maximum absolute atomic E-state index is 10.6. The van der Waals surface area contributed by atoms with Crippen molar-refractivity contribution < 1.29 is 14.7 Å². The molecule has 1 N–H and O–H groups in total. The molecule has 12 heavy (non-hydrogen) atoms. The molecule has 0 aliphatic rings. The number of rotatable bonds is 6. The third-order valence-corrected chi connectivity index (χ3v) is 2.69. The highest BCUT2D eigenvalue weighted by Gasteiger charge is 2.18. The Hall–Kier alpha value is -0.510. The van der Waals surface area contributed by atoms with Crippen LogP contribution in [0.4, 0.5) is 0 Å². The van der Waals surface area contributed by atoms with E-state index >= 15 is 0 Å². The van der Waals surface area contributed by atoms with E-state index in [4.69, 9.17) is 5.11 Å². The number of carbonyl (C=O) groups is 2. The molecule has 0 bridgehead atoms. The van der Waals surface area contributed by atoms with E-state index < -0.39 is 11.2 Å². The maximum Gasteiger partial charge on any atom is 0.317 e. The molecular formula is C8H14O3S. The summed E-state index contributed by atoms with van der Waals surface area (Å²) in [5, 5.41) is 8.12. The van der Waals surface area contributed by atoms with E-state index in [0.717, 1.165) is 12.2 Å². The summed E-state index contributed by atoms with van der Waals surface area (Å²) in [6.45, 7) is 3.40. The molecule has 0 aromatic carbocycles. The predicted molar refractivity (Wildman–Crippen MR) is 49.5 cm³/mol. The summed E-state index contributed by atoms with van der Waals surface area (Å²) in [7, 11) is 0. The zero-order valence-corrected chi connectivity index (χ0v) is 8.19. The molecule has 0 saturated carbocycles. The van der Waals surface area contributed by atoms with Crippen LogP contribution in [-0.4, -0.2) is 27.9 Å². The van der Waals surface area contributed by atoms with Crippen molar-refractivity contribution in [3.63, 3.8) is 0 Å². The molecule has 70 valence electrons. The largest absolute Gasteiger partial charge is 0.480 e. The Morgan fingerprint density at radius 3 is 2.42 bits per heavy atom. The van der Waals surface area contributed by atoms with Gasteiger partial charge >= 0.3 is 5.97 Å². The van der Waals surface area contributed by atoms with Crippen LogP contribution in [-0.2, 0) is 9.59 Å². The Morgan fingerprint density at radius 1 is 1.50 bits per heavy atom. The number of ketones is 1. The smallest absolute Gasteiger partial charge is 0.317 e. The van der Waals surface area contributed by atoms with Crippen molar-refractivity contribution in [1.82, 2.24) is 0 Å². The van der Waals surface area contributed by atoms with E-state index in [1.807, 2.05) is 6.92 Å². The van der Waals surface area contributed by atoms with E-state index in [-0.39, 0.29) is 12.2 Å². The maximum atomic E-state index is 10.6. The van der Waals surface area contributed by atoms with Crippen LogP contribution in [0.25, 0.3) is 0 Å². The van der Waals surface area contributed by atoms with Gasteiger partial charge in [-0.05, 0) is 19.1 Å². The molecule has 3 nitrogen and oxygen atoms in total. The van der Waals surface area contributed by atoms with Gasteiger partial charge in [0, 0.05) is 6.42 Å². The van der Waals surface area contributed by atoms with Crippen molar-refractivity contribution in [2.24, 2.45) is 0 Å². The number of carboxylic acids is 1.